The van der Waals surface area contributed by atoms with Crippen molar-refractivity contribution < 1.29 is 37.4 Å². The molecule has 2 saturated heterocycles. The zero-order valence-electron chi connectivity index (χ0n) is 28.8. The van der Waals surface area contributed by atoms with Gasteiger partial charge in [0.25, 0.3) is 0 Å². The van der Waals surface area contributed by atoms with Crippen LogP contribution in [0.1, 0.15) is 58.5 Å². The summed E-state index contributed by atoms with van der Waals surface area (Å²) in [5, 5.41) is 8.76. The summed E-state index contributed by atoms with van der Waals surface area (Å²) >= 11 is 0. The zero-order valence-corrected chi connectivity index (χ0v) is 28.8. The first-order chi connectivity index (χ1) is 22.5. The van der Waals surface area contributed by atoms with Gasteiger partial charge in [-0.15, -0.1) is 0 Å². The number of anilines is 1. The zero-order chi connectivity index (χ0) is 35.0. The van der Waals surface area contributed by atoms with Crippen LogP contribution in [0.25, 0.3) is 0 Å². The van der Waals surface area contributed by atoms with Gasteiger partial charge >= 0.3 is 6.09 Å². The van der Waals surface area contributed by atoms with E-state index in [2.05, 4.69) is 10.2 Å². The molecule has 2 aromatic rings. The SMILES string of the molecule is COC[C@@H]1CN(C[C@H]2CN(C(=O)OC(C)(C)C)[C@H](C)CN2CC(=O)N2CC(C)(C)c3nnc(Cc4ccc(F)cc4F)cc32)C(=O)CO1. The maximum atomic E-state index is 14.4. The lowest BCUT2D eigenvalue weighted by atomic mass is 9.91. The van der Waals surface area contributed by atoms with Gasteiger partial charge < -0.3 is 28.9 Å². The third-order valence-electron chi connectivity index (χ3n) is 8.92. The highest BCUT2D eigenvalue weighted by atomic mass is 19.1. The fraction of sp³-hybridized carbons (Fsp3) is 0.618. The molecule has 48 heavy (non-hydrogen) atoms. The van der Waals surface area contributed by atoms with Crippen molar-refractivity contribution in [2.24, 2.45) is 0 Å². The van der Waals surface area contributed by atoms with Gasteiger partial charge in [0.1, 0.15) is 23.8 Å². The number of carbonyl (C=O) groups is 3. The van der Waals surface area contributed by atoms with E-state index in [0.29, 0.717) is 43.3 Å². The average molecular weight is 673 g/mol. The van der Waals surface area contributed by atoms with Crippen LogP contribution in [0.3, 0.4) is 0 Å². The first kappa shape index (κ1) is 35.6. The quantitative estimate of drug-likeness (QED) is 0.417. The number of ether oxygens (including phenoxy) is 3. The van der Waals surface area contributed by atoms with Gasteiger partial charge in [-0.2, -0.15) is 10.2 Å². The van der Waals surface area contributed by atoms with Crippen molar-refractivity contribution in [2.45, 2.75) is 77.2 Å². The fourth-order valence-electron chi connectivity index (χ4n) is 6.54. The topological polar surface area (TPSA) is 118 Å². The molecule has 3 atom stereocenters. The first-order valence-corrected chi connectivity index (χ1v) is 16.3. The third kappa shape index (κ3) is 8.09. The van der Waals surface area contributed by atoms with E-state index in [1.54, 1.807) is 27.9 Å². The van der Waals surface area contributed by atoms with Gasteiger partial charge in [0.05, 0.1) is 36.3 Å². The predicted molar refractivity (Wildman–Crippen MR) is 173 cm³/mol. The third-order valence-corrected chi connectivity index (χ3v) is 8.92. The molecule has 0 bridgehead atoms. The Morgan fingerprint density at radius 2 is 1.85 bits per heavy atom. The molecule has 0 aliphatic carbocycles. The van der Waals surface area contributed by atoms with Crippen LogP contribution in [0.15, 0.2) is 24.3 Å². The van der Waals surface area contributed by atoms with Crippen molar-refractivity contribution in [1.82, 2.24) is 24.9 Å². The minimum Gasteiger partial charge on any atom is -0.444 e. The second-order valence-corrected chi connectivity index (χ2v) is 14.6. The van der Waals surface area contributed by atoms with Crippen molar-refractivity contribution in [3.63, 3.8) is 0 Å². The molecule has 14 heteroatoms. The van der Waals surface area contributed by atoms with Crippen molar-refractivity contribution in [3.05, 3.63) is 52.9 Å². The lowest BCUT2D eigenvalue weighted by Gasteiger charge is -2.47. The Kier molecular flexibility index (Phi) is 10.4. The fourth-order valence-corrected chi connectivity index (χ4v) is 6.54. The van der Waals surface area contributed by atoms with E-state index in [1.165, 1.54) is 12.1 Å². The van der Waals surface area contributed by atoms with E-state index < -0.39 is 28.7 Å². The van der Waals surface area contributed by atoms with Gasteiger partial charge in [0.15, 0.2) is 0 Å². The van der Waals surface area contributed by atoms with E-state index in [-0.39, 0.29) is 68.2 Å². The van der Waals surface area contributed by atoms with Crippen LogP contribution in [0.4, 0.5) is 19.3 Å². The first-order valence-electron chi connectivity index (χ1n) is 16.3. The Labute approximate surface area is 280 Å². The second-order valence-electron chi connectivity index (χ2n) is 14.6. The molecule has 3 aliphatic rings. The highest BCUT2D eigenvalue weighted by Crippen LogP contribution is 2.39. The van der Waals surface area contributed by atoms with E-state index in [1.807, 2.05) is 46.4 Å². The van der Waals surface area contributed by atoms with E-state index >= 15 is 0 Å². The highest BCUT2D eigenvalue weighted by molar-refractivity contribution is 5.97. The standard InChI is InChI=1S/C34H46F2N6O6/c1-21-13-39(25(15-41(21)32(45)48-33(2,3)4)14-40-16-26(18-46-7)47-19-30(40)44)17-29(43)42-20-34(5,6)31-28(42)12-24(37-38-31)10-22-8-9-23(35)11-27(22)36/h8-9,11-12,21,25-26H,10,13-20H2,1-7H3/t21-,25+,26+/m1/s1. The monoisotopic (exact) mass is 672 g/mol. The summed E-state index contributed by atoms with van der Waals surface area (Å²) in [5.74, 6) is -1.69. The largest absolute Gasteiger partial charge is 0.444 e. The number of morpholine rings is 1. The molecule has 12 nitrogen and oxygen atoms in total. The van der Waals surface area contributed by atoms with Gasteiger partial charge in [0, 0.05) is 69.8 Å². The number of carbonyl (C=O) groups excluding carboxylic acids is 3. The summed E-state index contributed by atoms with van der Waals surface area (Å²) in [6.45, 7) is 13.2. The molecule has 3 amide bonds. The van der Waals surface area contributed by atoms with Crippen LogP contribution in [0.2, 0.25) is 0 Å². The number of methoxy groups -OCH3 is 1. The number of amides is 3. The molecule has 262 valence electrons. The van der Waals surface area contributed by atoms with Gasteiger partial charge in [0.2, 0.25) is 11.8 Å². The smallest absolute Gasteiger partial charge is 0.410 e. The van der Waals surface area contributed by atoms with Crippen molar-refractivity contribution in [1.29, 1.82) is 0 Å². The maximum absolute atomic E-state index is 14.4. The lowest BCUT2D eigenvalue weighted by molar-refractivity contribution is -0.153. The lowest BCUT2D eigenvalue weighted by Crippen LogP contribution is -2.64. The predicted octanol–water partition coefficient (Wildman–Crippen LogP) is 3.15. The second kappa shape index (κ2) is 14.0. The van der Waals surface area contributed by atoms with Crippen molar-refractivity contribution in [2.75, 3.05) is 64.5 Å². The average Bonchev–Trinajstić information content (AvgIpc) is 3.26. The Bertz CT molecular complexity index is 1530. The molecule has 1 aromatic carbocycles. The molecular weight excluding hydrogens is 626 g/mol. The summed E-state index contributed by atoms with van der Waals surface area (Å²) in [4.78, 5) is 47.5. The number of rotatable bonds is 8. The Morgan fingerprint density at radius 3 is 2.54 bits per heavy atom. The molecule has 1 aromatic heterocycles. The summed E-state index contributed by atoms with van der Waals surface area (Å²) in [6.07, 6.45) is -0.650. The number of aromatic nitrogens is 2. The molecule has 4 heterocycles. The molecule has 3 aliphatic heterocycles. The van der Waals surface area contributed by atoms with Gasteiger partial charge in [-0.25, -0.2) is 13.6 Å². The van der Waals surface area contributed by atoms with Gasteiger partial charge in [-0.05, 0) is 45.4 Å². The molecular formula is C34H46F2N6O6. The number of piperazine rings is 1. The summed E-state index contributed by atoms with van der Waals surface area (Å²) < 4.78 is 44.5. The summed E-state index contributed by atoms with van der Waals surface area (Å²) in [6, 6.07) is 4.51. The van der Waals surface area contributed by atoms with Crippen LogP contribution in [0.5, 0.6) is 0 Å². The van der Waals surface area contributed by atoms with Crippen molar-refractivity contribution in [3.8, 4) is 0 Å². The number of hydrogen-bond donors (Lipinski definition) is 0. The number of nitrogens with zero attached hydrogens (tertiary/aromatic N) is 6. The normalized spacial score (nSPS) is 23.0. The van der Waals surface area contributed by atoms with E-state index in [0.717, 1.165) is 6.07 Å². The van der Waals surface area contributed by atoms with Gasteiger partial charge in [-0.1, -0.05) is 19.9 Å². The molecule has 0 unspecified atom stereocenters. The highest BCUT2D eigenvalue weighted by Gasteiger charge is 2.43. The number of fused-ring (bicyclic) bond motifs is 1. The minimum absolute atomic E-state index is 0.0248. The number of halogens is 2. The maximum Gasteiger partial charge on any atom is 0.410 e. The van der Waals surface area contributed by atoms with Crippen LogP contribution in [0, 0.1) is 11.6 Å². The van der Waals surface area contributed by atoms with E-state index in [9.17, 15) is 23.2 Å². The minimum atomic E-state index is -0.687. The molecule has 0 saturated carbocycles. The van der Waals surface area contributed by atoms with E-state index in [4.69, 9.17) is 14.2 Å². The molecule has 0 N–H and O–H groups in total. The number of hydrogen-bond acceptors (Lipinski definition) is 9. The molecule has 0 radical (unpaired) electrons. The van der Waals surface area contributed by atoms with Crippen LogP contribution in [-0.4, -0.2) is 126 Å². The Hall–Kier alpha value is -3.75. The molecule has 5 rings (SSSR count). The summed E-state index contributed by atoms with van der Waals surface area (Å²) in [7, 11) is 1.58. The Balaban J connectivity index is 1.38. The molecule has 2 fully saturated rings. The number of benzene rings is 1. The van der Waals surface area contributed by atoms with Crippen LogP contribution >= 0.6 is 0 Å². The van der Waals surface area contributed by atoms with Crippen LogP contribution in [-0.2, 0) is 35.6 Å². The van der Waals surface area contributed by atoms with Crippen molar-refractivity contribution >= 4 is 23.6 Å². The van der Waals surface area contributed by atoms with Crippen LogP contribution < -0.4 is 4.90 Å². The summed E-state index contributed by atoms with van der Waals surface area (Å²) in [5.41, 5.74) is 0.792. The Morgan fingerprint density at radius 1 is 1.10 bits per heavy atom. The molecule has 0 spiro atoms. The van der Waals surface area contributed by atoms with Gasteiger partial charge in [-0.3, -0.25) is 14.5 Å².